The zero-order chi connectivity index (χ0) is 14.1. The highest BCUT2D eigenvalue weighted by atomic mass is 19.1. The van der Waals surface area contributed by atoms with E-state index in [1.807, 2.05) is 0 Å². The van der Waals surface area contributed by atoms with Gasteiger partial charge in [-0.05, 0) is 18.9 Å². The Hall–Kier alpha value is -1.69. The summed E-state index contributed by atoms with van der Waals surface area (Å²) < 4.78 is 19.4. The molecule has 0 radical (unpaired) electrons. The molecule has 0 amide bonds. The summed E-state index contributed by atoms with van der Waals surface area (Å²) in [4.78, 5) is 12.4. The SMILES string of the molecule is O=[N+]([O-])c1cc(F)cc(N2CCOC3CCCCC32)c1. The lowest BCUT2D eigenvalue weighted by Crippen LogP contribution is -2.52. The maximum atomic E-state index is 13.6. The average molecular weight is 280 g/mol. The van der Waals surface area contributed by atoms with Crippen LogP contribution in [0, 0.1) is 15.9 Å². The summed E-state index contributed by atoms with van der Waals surface area (Å²) in [6.07, 6.45) is 4.45. The molecule has 2 unspecified atom stereocenters. The maximum absolute atomic E-state index is 13.6. The van der Waals surface area contributed by atoms with Gasteiger partial charge in [-0.15, -0.1) is 0 Å². The first-order valence-corrected chi connectivity index (χ1v) is 6.98. The number of nitro benzene ring substituents is 1. The summed E-state index contributed by atoms with van der Waals surface area (Å²) in [6.45, 7) is 1.24. The lowest BCUT2D eigenvalue weighted by molar-refractivity contribution is -0.385. The number of nitrogens with zero attached hydrogens (tertiary/aromatic N) is 2. The van der Waals surface area contributed by atoms with Gasteiger partial charge in [-0.3, -0.25) is 10.1 Å². The van der Waals surface area contributed by atoms with E-state index in [2.05, 4.69) is 4.90 Å². The Bertz CT molecular complexity index is 521. The normalized spacial score (nSPS) is 26.1. The Morgan fingerprint density at radius 2 is 2.10 bits per heavy atom. The van der Waals surface area contributed by atoms with Crippen LogP contribution in [0.2, 0.25) is 0 Å². The highest BCUT2D eigenvalue weighted by molar-refractivity contribution is 5.55. The molecule has 5 nitrogen and oxygen atoms in total. The fraction of sp³-hybridized carbons (Fsp3) is 0.571. The molecular weight excluding hydrogens is 263 g/mol. The van der Waals surface area contributed by atoms with E-state index in [4.69, 9.17) is 4.74 Å². The molecule has 1 aromatic carbocycles. The molecule has 108 valence electrons. The first kappa shape index (κ1) is 13.3. The van der Waals surface area contributed by atoms with Gasteiger partial charge in [0, 0.05) is 18.3 Å². The fourth-order valence-corrected chi connectivity index (χ4v) is 3.25. The highest BCUT2D eigenvalue weighted by Gasteiger charge is 2.34. The smallest absolute Gasteiger partial charge is 0.274 e. The zero-order valence-corrected chi connectivity index (χ0v) is 11.1. The van der Waals surface area contributed by atoms with Gasteiger partial charge in [-0.2, -0.15) is 0 Å². The third-order valence-electron chi connectivity index (χ3n) is 4.14. The number of non-ortho nitro benzene ring substituents is 1. The lowest BCUT2D eigenvalue weighted by atomic mass is 9.90. The van der Waals surface area contributed by atoms with E-state index in [1.54, 1.807) is 0 Å². The number of ether oxygens (including phenoxy) is 1. The molecule has 0 spiro atoms. The number of rotatable bonds is 2. The molecule has 2 aliphatic rings. The molecule has 6 heteroatoms. The van der Waals surface area contributed by atoms with Crippen molar-refractivity contribution in [1.29, 1.82) is 0 Å². The first-order chi connectivity index (χ1) is 9.65. The van der Waals surface area contributed by atoms with Gasteiger partial charge in [-0.1, -0.05) is 12.8 Å². The molecule has 1 saturated carbocycles. The van der Waals surface area contributed by atoms with Gasteiger partial charge >= 0.3 is 0 Å². The number of morpholine rings is 1. The van der Waals surface area contributed by atoms with Crippen molar-refractivity contribution in [2.75, 3.05) is 18.1 Å². The van der Waals surface area contributed by atoms with E-state index in [0.717, 1.165) is 31.7 Å². The molecule has 1 heterocycles. The molecule has 0 aromatic heterocycles. The van der Waals surface area contributed by atoms with Crippen molar-refractivity contribution >= 4 is 11.4 Å². The van der Waals surface area contributed by atoms with Crippen LogP contribution in [-0.4, -0.2) is 30.2 Å². The van der Waals surface area contributed by atoms with E-state index < -0.39 is 10.7 Å². The number of halogens is 1. The average Bonchev–Trinajstić information content (AvgIpc) is 2.46. The standard InChI is InChI=1S/C14H17FN2O3/c15-10-7-11(9-12(8-10)17(18)19)16-5-6-20-14-4-2-1-3-13(14)16/h7-9,13-14H,1-6H2. The number of benzene rings is 1. The molecule has 1 saturated heterocycles. The molecule has 0 bridgehead atoms. The number of anilines is 1. The predicted molar refractivity (Wildman–Crippen MR) is 72.4 cm³/mol. The van der Waals surface area contributed by atoms with Crippen molar-refractivity contribution in [3.8, 4) is 0 Å². The molecule has 1 aromatic rings. The number of hydrogen-bond acceptors (Lipinski definition) is 4. The highest BCUT2D eigenvalue weighted by Crippen LogP contribution is 2.33. The second kappa shape index (κ2) is 5.36. The lowest BCUT2D eigenvalue weighted by Gasteiger charge is -2.45. The van der Waals surface area contributed by atoms with Gasteiger partial charge < -0.3 is 9.64 Å². The Balaban J connectivity index is 1.92. The summed E-state index contributed by atoms with van der Waals surface area (Å²) in [6, 6.07) is 4.01. The van der Waals surface area contributed by atoms with Crippen molar-refractivity contribution in [2.45, 2.75) is 37.8 Å². The summed E-state index contributed by atoms with van der Waals surface area (Å²) in [5.41, 5.74) is 0.399. The van der Waals surface area contributed by atoms with E-state index in [0.29, 0.717) is 18.8 Å². The van der Waals surface area contributed by atoms with Crippen LogP contribution >= 0.6 is 0 Å². The topological polar surface area (TPSA) is 55.6 Å². The van der Waals surface area contributed by atoms with Crippen LogP contribution in [0.5, 0.6) is 0 Å². The van der Waals surface area contributed by atoms with Crippen LogP contribution in [0.25, 0.3) is 0 Å². The minimum absolute atomic E-state index is 0.167. The third kappa shape index (κ3) is 2.47. The molecule has 1 aliphatic carbocycles. The Kier molecular flexibility index (Phi) is 3.56. The van der Waals surface area contributed by atoms with Crippen LogP contribution < -0.4 is 4.90 Å². The van der Waals surface area contributed by atoms with Crippen LogP contribution in [-0.2, 0) is 4.74 Å². The monoisotopic (exact) mass is 280 g/mol. The predicted octanol–water partition coefficient (Wildman–Crippen LogP) is 2.88. The largest absolute Gasteiger partial charge is 0.374 e. The summed E-state index contributed by atoms with van der Waals surface area (Å²) in [7, 11) is 0. The maximum Gasteiger partial charge on any atom is 0.274 e. The fourth-order valence-electron chi connectivity index (χ4n) is 3.25. The second-order valence-corrected chi connectivity index (χ2v) is 5.38. The summed E-state index contributed by atoms with van der Waals surface area (Å²) >= 11 is 0. The van der Waals surface area contributed by atoms with Gasteiger partial charge in [0.1, 0.15) is 5.82 Å². The van der Waals surface area contributed by atoms with Crippen molar-refractivity contribution in [1.82, 2.24) is 0 Å². The molecule has 0 N–H and O–H groups in total. The van der Waals surface area contributed by atoms with Gasteiger partial charge in [0.25, 0.3) is 5.69 Å². The third-order valence-corrected chi connectivity index (χ3v) is 4.14. The van der Waals surface area contributed by atoms with Gasteiger partial charge in [0.05, 0.1) is 29.7 Å². The van der Waals surface area contributed by atoms with Gasteiger partial charge in [0.15, 0.2) is 0 Å². The zero-order valence-electron chi connectivity index (χ0n) is 11.1. The Morgan fingerprint density at radius 1 is 1.30 bits per heavy atom. The molecule has 2 atom stereocenters. The van der Waals surface area contributed by atoms with Crippen molar-refractivity contribution in [3.05, 3.63) is 34.1 Å². The molecular formula is C14H17FN2O3. The molecule has 20 heavy (non-hydrogen) atoms. The van der Waals surface area contributed by atoms with Crippen LogP contribution in [0.15, 0.2) is 18.2 Å². The van der Waals surface area contributed by atoms with Gasteiger partial charge in [-0.25, -0.2) is 4.39 Å². The Morgan fingerprint density at radius 3 is 2.90 bits per heavy atom. The minimum Gasteiger partial charge on any atom is -0.374 e. The van der Waals surface area contributed by atoms with Crippen LogP contribution in [0.4, 0.5) is 15.8 Å². The number of hydrogen-bond donors (Lipinski definition) is 0. The Labute approximate surface area is 116 Å². The van der Waals surface area contributed by atoms with E-state index in [1.165, 1.54) is 12.1 Å². The molecule has 3 rings (SSSR count). The van der Waals surface area contributed by atoms with E-state index >= 15 is 0 Å². The van der Waals surface area contributed by atoms with Gasteiger partial charge in [0.2, 0.25) is 0 Å². The van der Waals surface area contributed by atoms with Crippen LogP contribution in [0.3, 0.4) is 0 Å². The summed E-state index contributed by atoms with van der Waals surface area (Å²) in [5.74, 6) is -0.562. The molecule has 1 aliphatic heterocycles. The van der Waals surface area contributed by atoms with E-state index in [-0.39, 0.29) is 17.8 Å². The van der Waals surface area contributed by atoms with E-state index in [9.17, 15) is 14.5 Å². The van der Waals surface area contributed by atoms with Crippen molar-refractivity contribution in [2.24, 2.45) is 0 Å². The number of fused-ring (bicyclic) bond motifs is 1. The quantitative estimate of drug-likeness (QED) is 0.617. The summed E-state index contributed by atoms with van der Waals surface area (Å²) in [5, 5.41) is 10.9. The van der Waals surface area contributed by atoms with Crippen molar-refractivity contribution < 1.29 is 14.1 Å². The van der Waals surface area contributed by atoms with Crippen LogP contribution in [0.1, 0.15) is 25.7 Å². The second-order valence-electron chi connectivity index (χ2n) is 5.38. The molecule has 2 fully saturated rings. The van der Waals surface area contributed by atoms with Crippen molar-refractivity contribution in [3.63, 3.8) is 0 Å². The minimum atomic E-state index is -0.562. The number of nitro groups is 1. The first-order valence-electron chi connectivity index (χ1n) is 6.98.